The van der Waals surface area contributed by atoms with Crippen molar-refractivity contribution < 1.29 is 4.79 Å². The molecule has 2 aromatic carbocycles. The third-order valence-corrected chi connectivity index (χ3v) is 5.79. The van der Waals surface area contributed by atoms with Crippen LogP contribution in [0.25, 0.3) is 0 Å². The lowest BCUT2D eigenvalue weighted by Crippen LogP contribution is -2.33. The van der Waals surface area contributed by atoms with Gasteiger partial charge in [0.1, 0.15) is 0 Å². The van der Waals surface area contributed by atoms with E-state index in [1.165, 1.54) is 28.7 Å². The van der Waals surface area contributed by atoms with E-state index in [0.717, 1.165) is 15.7 Å². The summed E-state index contributed by atoms with van der Waals surface area (Å²) in [4.78, 5) is 14.3. The predicted molar refractivity (Wildman–Crippen MR) is 110 cm³/mol. The van der Waals surface area contributed by atoms with Gasteiger partial charge in [0.25, 0.3) is 0 Å². The molecule has 1 aromatic heterocycles. The Hall–Kier alpha value is -2.38. The number of anilines is 3. The van der Waals surface area contributed by atoms with E-state index in [-0.39, 0.29) is 11.2 Å². The average Bonchev–Trinajstić information content (AvgIpc) is 3.08. The first-order chi connectivity index (χ1) is 12.5. The lowest BCUT2D eigenvalue weighted by Gasteiger charge is -2.20. The summed E-state index contributed by atoms with van der Waals surface area (Å²) in [6.45, 7) is 3.94. The Bertz CT molecular complexity index is 882. The van der Waals surface area contributed by atoms with Crippen LogP contribution in [0, 0.1) is 6.92 Å². The van der Waals surface area contributed by atoms with Gasteiger partial charge in [-0.05, 0) is 43.7 Å². The zero-order valence-corrected chi connectivity index (χ0v) is 16.5. The molecule has 0 radical (unpaired) electrons. The van der Waals surface area contributed by atoms with E-state index in [2.05, 4.69) is 21.6 Å². The van der Waals surface area contributed by atoms with E-state index in [1.54, 1.807) is 11.9 Å². The number of hydrogen-bond donors (Lipinski definition) is 1. The predicted octanol–water partition coefficient (Wildman–Crippen LogP) is 4.73. The Morgan fingerprint density at radius 3 is 2.65 bits per heavy atom. The van der Waals surface area contributed by atoms with Crippen molar-refractivity contribution in [2.24, 2.45) is 0 Å². The summed E-state index contributed by atoms with van der Waals surface area (Å²) < 4.78 is 0.766. The van der Waals surface area contributed by atoms with Gasteiger partial charge in [-0.25, -0.2) is 0 Å². The number of carbonyl (C=O) groups is 1. The van der Waals surface area contributed by atoms with Gasteiger partial charge in [0.05, 0.1) is 5.25 Å². The zero-order valence-electron chi connectivity index (χ0n) is 14.8. The van der Waals surface area contributed by atoms with Gasteiger partial charge in [-0.1, -0.05) is 53.4 Å². The van der Waals surface area contributed by atoms with E-state index in [1.807, 2.05) is 62.4 Å². The molecule has 3 aromatic rings. The van der Waals surface area contributed by atoms with Crippen molar-refractivity contribution in [3.63, 3.8) is 0 Å². The number of hydrogen-bond acceptors (Lipinski definition) is 6. The van der Waals surface area contributed by atoms with Crippen molar-refractivity contribution in [3.8, 4) is 0 Å². The normalized spacial score (nSPS) is 11.8. The molecule has 0 saturated carbocycles. The number of aryl methyl sites for hydroxylation is 1. The maximum absolute atomic E-state index is 12.6. The average molecular weight is 385 g/mol. The van der Waals surface area contributed by atoms with Gasteiger partial charge in [-0.2, -0.15) is 0 Å². The van der Waals surface area contributed by atoms with Crippen LogP contribution >= 0.6 is 23.1 Å². The highest BCUT2D eigenvalue weighted by Gasteiger charge is 2.21. The first kappa shape index (κ1) is 18.4. The van der Waals surface area contributed by atoms with Crippen LogP contribution in [0.3, 0.4) is 0 Å². The van der Waals surface area contributed by atoms with E-state index >= 15 is 0 Å². The summed E-state index contributed by atoms with van der Waals surface area (Å²) in [6, 6.07) is 17.7. The molecule has 1 heterocycles. The van der Waals surface area contributed by atoms with Crippen LogP contribution in [0.2, 0.25) is 0 Å². The van der Waals surface area contributed by atoms with Crippen LogP contribution in [0.4, 0.5) is 16.5 Å². The molecule has 0 aliphatic carbocycles. The summed E-state index contributed by atoms with van der Waals surface area (Å²) in [6.07, 6.45) is 0. The summed E-state index contributed by atoms with van der Waals surface area (Å²) in [7, 11) is 1.79. The lowest BCUT2D eigenvalue weighted by molar-refractivity contribution is -0.117. The number of carbonyl (C=O) groups excluding carboxylic acids is 1. The van der Waals surface area contributed by atoms with Crippen LogP contribution in [0.15, 0.2) is 58.9 Å². The van der Waals surface area contributed by atoms with Crippen LogP contribution in [0.5, 0.6) is 0 Å². The molecule has 0 aliphatic heterocycles. The molecule has 134 valence electrons. The largest absolute Gasteiger partial charge is 0.330 e. The second-order valence-corrected chi connectivity index (χ2v) is 8.43. The third kappa shape index (κ3) is 4.62. The van der Waals surface area contributed by atoms with Crippen molar-refractivity contribution in [1.29, 1.82) is 0 Å². The summed E-state index contributed by atoms with van der Waals surface area (Å²) in [5.41, 5.74) is 3.03. The number of thioether (sulfide) groups is 1. The van der Waals surface area contributed by atoms with Crippen molar-refractivity contribution in [3.05, 3.63) is 60.2 Å². The third-order valence-electron chi connectivity index (χ3n) is 3.78. The van der Waals surface area contributed by atoms with Gasteiger partial charge < -0.3 is 10.2 Å². The first-order valence-corrected chi connectivity index (χ1v) is 9.89. The standard InChI is InChI=1S/C19H20N4OS2/c1-13-8-7-9-15(12-13)20-18-21-22-19(26-18)25-14(2)17(24)23(3)16-10-5-4-6-11-16/h4-12,14H,1-3H3,(H,20,21)/t14-/m0/s1. The second kappa shape index (κ2) is 8.33. The van der Waals surface area contributed by atoms with Crippen LogP contribution < -0.4 is 10.2 Å². The maximum atomic E-state index is 12.6. The molecule has 3 rings (SSSR count). The smallest absolute Gasteiger partial charge is 0.240 e. The summed E-state index contributed by atoms with van der Waals surface area (Å²) >= 11 is 2.87. The molecule has 1 atom stereocenters. The molecule has 5 nitrogen and oxygen atoms in total. The number of benzene rings is 2. The Balaban J connectivity index is 1.62. The summed E-state index contributed by atoms with van der Waals surface area (Å²) in [5.74, 6) is 0.0320. The van der Waals surface area contributed by atoms with Gasteiger partial charge >= 0.3 is 0 Å². The Kier molecular flexibility index (Phi) is 5.90. The molecule has 26 heavy (non-hydrogen) atoms. The summed E-state index contributed by atoms with van der Waals surface area (Å²) in [5, 5.41) is 12.1. The van der Waals surface area contributed by atoms with E-state index < -0.39 is 0 Å². The van der Waals surface area contributed by atoms with Crippen molar-refractivity contribution in [2.75, 3.05) is 17.3 Å². The van der Waals surface area contributed by atoms with Gasteiger partial charge in [-0.3, -0.25) is 4.79 Å². The van der Waals surface area contributed by atoms with Crippen molar-refractivity contribution in [1.82, 2.24) is 10.2 Å². The fraction of sp³-hybridized carbons (Fsp3) is 0.211. The van der Waals surface area contributed by atoms with E-state index in [0.29, 0.717) is 5.13 Å². The Labute approximate surface area is 161 Å². The van der Waals surface area contributed by atoms with E-state index in [4.69, 9.17) is 0 Å². The monoisotopic (exact) mass is 384 g/mol. The highest BCUT2D eigenvalue weighted by Crippen LogP contribution is 2.31. The highest BCUT2D eigenvalue weighted by atomic mass is 32.2. The highest BCUT2D eigenvalue weighted by molar-refractivity contribution is 8.02. The number of para-hydroxylation sites is 1. The Morgan fingerprint density at radius 2 is 1.92 bits per heavy atom. The van der Waals surface area contributed by atoms with Crippen LogP contribution in [-0.2, 0) is 4.79 Å². The topological polar surface area (TPSA) is 58.1 Å². The molecule has 1 amide bonds. The van der Waals surface area contributed by atoms with Gasteiger partial charge in [0, 0.05) is 18.4 Å². The molecule has 1 N–H and O–H groups in total. The van der Waals surface area contributed by atoms with Gasteiger partial charge in [-0.15, -0.1) is 10.2 Å². The minimum absolute atomic E-state index is 0.0320. The number of nitrogens with zero attached hydrogens (tertiary/aromatic N) is 3. The molecule has 0 saturated heterocycles. The molecule has 0 aliphatic rings. The first-order valence-electron chi connectivity index (χ1n) is 8.19. The fourth-order valence-electron chi connectivity index (χ4n) is 2.41. The van der Waals surface area contributed by atoms with Crippen LogP contribution in [0.1, 0.15) is 12.5 Å². The zero-order chi connectivity index (χ0) is 18.5. The molecule has 0 fully saturated rings. The van der Waals surface area contributed by atoms with Gasteiger partial charge in [0.2, 0.25) is 11.0 Å². The SMILES string of the molecule is Cc1cccc(Nc2nnc(S[C@@H](C)C(=O)N(C)c3ccccc3)s2)c1. The molecule has 0 bridgehead atoms. The Morgan fingerprint density at radius 1 is 1.15 bits per heavy atom. The number of nitrogens with one attached hydrogen (secondary N) is 1. The van der Waals surface area contributed by atoms with Crippen LogP contribution in [-0.4, -0.2) is 28.4 Å². The minimum Gasteiger partial charge on any atom is -0.330 e. The van der Waals surface area contributed by atoms with Crippen molar-refractivity contribution >= 4 is 45.5 Å². The number of aromatic nitrogens is 2. The fourth-order valence-corrected chi connectivity index (χ4v) is 4.42. The molecular weight excluding hydrogens is 364 g/mol. The lowest BCUT2D eigenvalue weighted by atomic mass is 10.2. The van der Waals surface area contributed by atoms with Crippen molar-refractivity contribution in [2.45, 2.75) is 23.4 Å². The maximum Gasteiger partial charge on any atom is 0.240 e. The number of amides is 1. The molecular formula is C19H20N4OS2. The molecule has 0 unspecified atom stereocenters. The van der Waals surface area contributed by atoms with Gasteiger partial charge in [0.15, 0.2) is 4.34 Å². The molecule has 0 spiro atoms. The second-order valence-electron chi connectivity index (χ2n) is 5.86. The molecule has 7 heteroatoms. The quantitative estimate of drug-likeness (QED) is 0.623. The van der Waals surface area contributed by atoms with E-state index in [9.17, 15) is 4.79 Å². The number of rotatable bonds is 6. The minimum atomic E-state index is -0.250.